The molecule has 4 heteroatoms. The van der Waals surface area contributed by atoms with E-state index in [-0.39, 0.29) is 5.97 Å². The zero-order valence-corrected chi connectivity index (χ0v) is 16.6. The van der Waals surface area contributed by atoms with Crippen LogP contribution in [0.3, 0.4) is 0 Å². The van der Waals surface area contributed by atoms with Gasteiger partial charge in [0.2, 0.25) is 0 Å². The quantitative estimate of drug-likeness (QED) is 0.119. The average Bonchev–Trinajstić information content (AvgIpc) is 2.51. The lowest BCUT2D eigenvalue weighted by atomic mass is 10.1. The van der Waals surface area contributed by atoms with Crippen LogP contribution in [0.2, 0.25) is 18.1 Å². The van der Waals surface area contributed by atoms with E-state index in [1.807, 2.05) is 0 Å². The Morgan fingerprint density at radius 2 is 1.41 bits per heavy atom. The predicted molar refractivity (Wildman–Crippen MR) is 100 cm³/mol. The summed E-state index contributed by atoms with van der Waals surface area (Å²) in [6.07, 6.45) is 9.94. The maximum absolute atomic E-state index is 11.2. The van der Waals surface area contributed by atoms with E-state index in [1.54, 1.807) is 6.92 Å². The van der Waals surface area contributed by atoms with Crippen molar-refractivity contribution in [2.45, 2.75) is 90.3 Å². The molecule has 0 saturated heterocycles. The van der Waals surface area contributed by atoms with Gasteiger partial charge < -0.3 is 4.74 Å². The van der Waals surface area contributed by atoms with Crippen LogP contribution in [-0.2, 0) is 9.53 Å². The van der Waals surface area contributed by atoms with E-state index in [1.165, 1.54) is 56.7 Å². The highest BCUT2D eigenvalue weighted by molar-refractivity contribution is 7.20. The molecule has 0 unspecified atom stereocenters. The van der Waals surface area contributed by atoms with Gasteiger partial charge in [-0.25, -0.2) is 4.79 Å². The number of hydrogen-bond donors (Lipinski definition) is 0. The summed E-state index contributed by atoms with van der Waals surface area (Å²) in [6.45, 7) is 10.3. The summed E-state index contributed by atoms with van der Waals surface area (Å²) in [6, 6.07) is 3.71. The Bertz CT molecular complexity index is 314. The minimum Gasteiger partial charge on any atom is -0.462 e. The van der Waals surface area contributed by atoms with Gasteiger partial charge in [-0.1, -0.05) is 65.4 Å². The second-order valence-corrected chi connectivity index (χ2v) is 13.0. The fraction of sp³-hybridized carbons (Fsp3) is 0.833. The van der Waals surface area contributed by atoms with Crippen LogP contribution in [0.1, 0.15) is 72.1 Å². The number of unbranched alkanes of at least 4 members (excludes halogenated alkanes) is 7. The lowest BCUT2D eigenvalue weighted by molar-refractivity contribution is -0.139. The first-order valence-corrected chi connectivity index (χ1v) is 12.6. The molecule has 0 amide bonds. The molecule has 0 aliphatic rings. The fourth-order valence-corrected chi connectivity index (χ4v) is 4.99. The molecule has 0 saturated carbocycles. The van der Waals surface area contributed by atoms with E-state index in [0.717, 1.165) is 12.8 Å². The van der Waals surface area contributed by atoms with Crippen molar-refractivity contribution in [3.8, 4) is 0 Å². The van der Waals surface area contributed by atoms with Gasteiger partial charge in [0.15, 0.2) is 7.38 Å². The zero-order valence-electron chi connectivity index (χ0n) is 14.9. The minimum atomic E-state index is -1.38. The molecule has 2 nitrogen and oxygen atoms in total. The molecule has 0 aliphatic heterocycles. The predicted octanol–water partition coefficient (Wildman–Crippen LogP) is 6.45. The van der Waals surface area contributed by atoms with Crippen LogP contribution in [0.15, 0.2) is 12.2 Å². The first kappa shape index (κ1) is 21.7. The number of carbonyl (C=O) groups excluding carboxylic acids is 1. The fourth-order valence-electron chi connectivity index (χ4n) is 2.50. The molecule has 0 N–H and O–H groups in total. The summed E-state index contributed by atoms with van der Waals surface area (Å²) in [7, 11) is -1.38. The molecule has 22 heavy (non-hydrogen) atoms. The van der Waals surface area contributed by atoms with Crippen molar-refractivity contribution in [2.75, 3.05) is 6.61 Å². The van der Waals surface area contributed by atoms with E-state index in [4.69, 9.17) is 15.8 Å². The van der Waals surface area contributed by atoms with Crippen LogP contribution >= 0.6 is 11.1 Å². The first-order valence-electron chi connectivity index (χ1n) is 8.96. The number of ether oxygens (including phenoxy) is 1. The standard InChI is InChI=1S/C18H35ClO2Si/c1-5-22(19,6-2)16-14-12-10-8-7-9-11-13-15-21-18(20)17(3)4/h3,5-16H2,1-2,4H3. The third-order valence-corrected chi connectivity index (χ3v) is 10.3. The Kier molecular flexibility index (Phi) is 13.0. The van der Waals surface area contributed by atoms with E-state index < -0.39 is 7.38 Å². The SMILES string of the molecule is C=C(C)C(=O)OCCCCCCCCCC[Si](Cl)(CC)CC. The topological polar surface area (TPSA) is 26.3 Å². The zero-order chi connectivity index (χ0) is 16.8. The van der Waals surface area contributed by atoms with Crippen molar-refractivity contribution < 1.29 is 9.53 Å². The summed E-state index contributed by atoms with van der Waals surface area (Å²) >= 11 is 6.66. The Morgan fingerprint density at radius 1 is 0.955 bits per heavy atom. The molecule has 0 atom stereocenters. The van der Waals surface area contributed by atoms with Crippen LogP contribution < -0.4 is 0 Å². The van der Waals surface area contributed by atoms with Crippen LogP contribution in [-0.4, -0.2) is 20.0 Å². The highest BCUT2D eigenvalue weighted by atomic mass is 35.6. The van der Waals surface area contributed by atoms with Gasteiger partial charge in [0.25, 0.3) is 0 Å². The Morgan fingerprint density at radius 3 is 1.86 bits per heavy atom. The van der Waals surface area contributed by atoms with Crippen LogP contribution in [0.5, 0.6) is 0 Å². The summed E-state index contributed by atoms with van der Waals surface area (Å²) < 4.78 is 5.07. The molecule has 0 aromatic carbocycles. The molecule has 0 bridgehead atoms. The molecule has 0 rings (SSSR count). The Labute approximate surface area is 143 Å². The molecular formula is C18H35ClO2Si. The monoisotopic (exact) mass is 346 g/mol. The lowest BCUT2D eigenvalue weighted by Crippen LogP contribution is -2.23. The molecule has 0 aromatic rings. The van der Waals surface area contributed by atoms with Gasteiger partial charge in [-0.3, -0.25) is 0 Å². The van der Waals surface area contributed by atoms with E-state index >= 15 is 0 Å². The van der Waals surface area contributed by atoms with Gasteiger partial charge >= 0.3 is 5.97 Å². The maximum Gasteiger partial charge on any atom is 0.333 e. The van der Waals surface area contributed by atoms with Gasteiger partial charge in [0.05, 0.1) is 6.61 Å². The smallest absolute Gasteiger partial charge is 0.333 e. The van der Waals surface area contributed by atoms with Crippen molar-refractivity contribution in [1.82, 2.24) is 0 Å². The largest absolute Gasteiger partial charge is 0.462 e. The first-order chi connectivity index (χ1) is 10.4. The van der Waals surface area contributed by atoms with Crippen molar-refractivity contribution in [3.63, 3.8) is 0 Å². The van der Waals surface area contributed by atoms with Gasteiger partial charge in [-0.15, -0.1) is 0 Å². The van der Waals surface area contributed by atoms with Gasteiger partial charge in [0, 0.05) is 5.57 Å². The number of halogens is 1. The summed E-state index contributed by atoms with van der Waals surface area (Å²) in [5.41, 5.74) is 0.482. The van der Waals surface area contributed by atoms with Gasteiger partial charge in [-0.05, 0) is 31.5 Å². The third-order valence-electron chi connectivity index (χ3n) is 4.37. The molecule has 0 aliphatic carbocycles. The average molecular weight is 347 g/mol. The van der Waals surface area contributed by atoms with E-state index in [9.17, 15) is 4.79 Å². The van der Waals surface area contributed by atoms with Crippen LogP contribution in [0, 0.1) is 0 Å². The van der Waals surface area contributed by atoms with Crippen molar-refractivity contribution in [1.29, 1.82) is 0 Å². The van der Waals surface area contributed by atoms with Gasteiger partial charge in [0.1, 0.15) is 0 Å². The summed E-state index contributed by atoms with van der Waals surface area (Å²) in [4.78, 5) is 11.2. The normalized spacial score (nSPS) is 11.5. The van der Waals surface area contributed by atoms with Gasteiger partial charge in [-0.2, -0.15) is 11.1 Å². The van der Waals surface area contributed by atoms with Crippen molar-refractivity contribution in [2.24, 2.45) is 0 Å². The maximum atomic E-state index is 11.2. The molecular weight excluding hydrogens is 312 g/mol. The minimum absolute atomic E-state index is 0.266. The summed E-state index contributed by atoms with van der Waals surface area (Å²) in [5.74, 6) is -0.266. The number of rotatable bonds is 14. The van der Waals surface area contributed by atoms with Crippen molar-refractivity contribution in [3.05, 3.63) is 12.2 Å². The molecule has 0 spiro atoms. The molecule has 130 valence electrons. The van der Waals surface area contributed by atoms with Crippen LogP contribution in [0.25, 0.3) is 0 Å². The lowest BCUT2D eigenvalue weighted by Gasteiger charge is -2.20. The highest BCUT2D eigenvalue weighted by Gasteiger charge is 2.24. The van der Waals surface area contributed by atoms with Crippen molar-refractivity contribution >= 4 is 24.4 Å². The van der Waals surface area contributed by atoms with E-state index in [0.29, 0.717) is 12.2 Å². The molecule has 0 fully saturated rings. The molecule has 0 radical (unpaired) electrons. The Balaban J connectivity index is 3.31. The Hall–Kier alpha value is -0.283. The number of esters is 1. The summed E-state index contributed by atoms with van der Waals surface area (Å²) in [5, 5.41) is 0. The molecule has 0 aromatic heterocycles. The third kappa shape index (κ3) is 11.3. The second kappa shape index (κ2) is 13.2. The second-order valence-electron chi connectivity index (χ2n) is 6.35. The number of carbonyl (C=O) groups is 1. The van der Waals surface area contributed by atoms with Crippen LogP contribution in [0.4, 0.5) is 0 Å². The van der Waals surface area contributed by atoms with E-state index in [2.05, 4.69) is 20.4 Å². The number of hydrogen-bond acceptors (Lipinski definition) is 2. The highest BCUT2D eigenvalue weighted by Crippen LogP contribution is 2.27. The molecule has 0 heterocycles.